The highest BCUT2D eigenvalue weighted by atomic mass is 16.6. The number of ether oxygens (including phenoxy) is 3. The van der Waals surface area contributed by atoms with Crippen LogP contribution in [-0.2, 0) is 27.4 Å². The van der Waals surface area contributed by atoms with E-state index in [1.54, 1.807) is 76.2 Å². The van der Waals surface area contributed by atoms with Crippen LogP contribution in [0, 0.1) is 0 Å². The minimum Gasteiger partial charge on any atom is -0.480 e. The summed E-state index contributed by atoms with van der Waals surface area (Å²) in [5, 5.41) is 11.8. The smallest absolute Gasteiger partial charge is 0.413 e. The summed E-state index contributed by atoms with van der Waals surface area (Å²) in [5.74, 6) is -1.39. The number of aliphatic imine (C=N–C) groups is 1. The van der Waals surface area contributed by atoms with E-state index in [-0.39, 0.29) is 30.2 Å². The van der Waals surface area contributed by atoms with Crippen LogP contribution in [0.5, 0.6) is 5.75 Å². The second-order valence-corrected chi connectivity index (χ2v) is 11.0. The Morgan fingerprint density at radius 3 is 2.13 bits per heavy atom. The van der Waals surface area contributed by atoms with Gasteiger partial charge in [0.15, 0.2) is 5.78 Å². The van der Waals surface area contributed by atoms with Gasteiger partial charge < -0.3 is 19.3 Å². The van der Waals surface area contributed by atoms with Crippen LogP contribution in [0.2, 0.25) is 0 Å². The number of amidine groups is 1. The Balaban J connectivity index is 1.54. The Hall–Kier alpha value is -5.52. The number of carbonyl (C=O) groups is 5. The fourth-order valence-electron chi connectivity index (χ4n) is 3.86. The Kier molecular flexibility index (Phi) is 11.5. The van der Waals surface area contributed by atoms with Gasteiger partial charge in [-0.3, -0.25) is 19.8 Å². The van der Waals surface area contributed by atoms with Crippen molar-refractivity contribution >= 4 is 41.4 Å². The zero-order valence-electron chi connectivity index (χ0n) is 25.7. The van der Waals surface area contributed by atoms with Crippen molar-refractivity contribution in [2.45, 2.75) is 53.4 Å². The quantitative estimate of drug-likeness (QED) is 0.0927. The van der Waals surface area contributed by atoms with E-state index in [1.165, 1.54) is 31.2 Å². The normalized spacial score (nSPS) is 11.3. The number of alkyl carbamates (subject to hydrolysis) is 1. The van der Waals surface area contributed by atoms with Crippen LogP contribution in [0.4, 0.5) is 15.3 Å². The first-order chi connectivity index (χ1) is 21.2. The van der Waals surface area contributed by atoms with Gasteiger partial charge in [-0.15, -0.1) is 0 Å². The van der Waals surface area contributed by atoms with Gasteiger partial charge in [-0.25, -0.2) is 19.4 Å². The van der Waals surface area contributed by atoms with Crippen molar-refractivity contribution in [1.82, 2.24) is 10.2 Å². The average Bonchev–Trinajstić information content (AvgIpc) is 2.95. The number of rotatable bonds is 10. The number of aliphatic carboxylic acids is 1. The maximum absolute atomic E-state index is 12.7. The molecule has 2 N–H and O–H groups in total. The molecule has 12 heteroatoms. The summed E-state index contributed by atoms with van der Waals surface area (Å²) in [5.41, 5.74) is 1.75. The lowest BCUT2D eigenvalue weighted by Crippen LogP contribution is -2.35. The van der Waals surface area contributed by atoms with E-state index < -0.39 is 36.3 Å². The van der Waals surface area contributed by atoms with Crippen LogP contribution >= 0.6 is 0 Å². The molecular weight excluding hydrogens is 582 g/mol. The largest absolute Gasteiger partial charge is 0.480 e. The average molecular weight is 618 g/mol. The summed E-state index contributed by atoms with van der Waals surface area (Å²) in [7, 11) is 0. The number of ketones is 1. The van der Waals surface area contributed by atoms with Crippen LogP contribution in [0.3, 0.4) is 0 Å². The third kappa shape index (κ3) is 11.6. The molecule has 0 bridgehead atoms. The number of hydrogen-bond acceptors (Lipinski definition) is 9. The number of carboxylic acids is 1. The fourth-order valence-corrected chi connectivity index (χ4v) is 3.86. The van der Waals surface area contributed by atoms with Gasteiger partial charge in [0.2, 0.25) is 0 Å². The Bertz CT molecular complexity index is 1570. The molecule has 3 aromatic carbocycles. The molecule has 0 aliphatic rings. The number of hydrogen-bond donors (Lipinski definition) is 2. The van der Waals surface area contributed by atoms with E-state index >= 15 is 0 Å². The molecule has 45 heavy (non-hydrogen) atoms. The lowest BCUT2D eigenvalue weighted by molar-refractivity contribution is -0.138. The molecule has 236 valence electrons. The van der Waals surface area contributed by atoms with Crippen LogP contribution in [0.15, 0.2) is 77.8 Å². The van der Waals surface area contributed by atoms with Crippen LogP contribution in [0.25, 0.3) is 0 Å². The molecule has 0 unspecified atom stereocenters. The number of nitrogens with zero attached hydrogens (tertiary/aromatic N) is 2. The summed E-state index contributed by atoms with van der Waals surface area (Å²) in [6, 6.07) is 19.1. The van der Waals surface area contributed by atoms with E-state index in [4.69, 9.17) is 14.2 Å². The zero-order chi connectivity index (χ0) is 33.1. The Morgan fingerprint density at radius 2 is 1.53 bits per heavy atom. The highest BCUT2D eigenvalue weighted by molar-refractivity contribution is 5.96. The molecule has 0 aliphatic carbocycles. The molecule has 0 atom stereocenters. The van der Waals surface area contributed by atoms with Crippen molar-refractivity contribution < 1.29 is 43.3 Å². The molecule has 0 saturated carbocycles. The van der Waals surface area contributed by atoms with E-state index in [0.717, 1.165) is 4.90 Å². The second kappa shape index (κ2) is 15.3. The molecule has 3 rings (SSSR count). The number of carbonyl (C=O) groups excluding carboxylic acids is 4. The van der Waals surface area contributed by atoms with Gasteiger partial charge in [0.1, 0.15) is 30.3 Å². The van der Waals surface area contributed by atoms with Gasteiger partial charge in [-0.05, 0) is 88.2 Å². The maximum atomic E-state index is 12.7. The van der Waals surface area contributed by atoms with Crippen LogP contribution in [0.1, 0.15) is 66.5 Å². The number of esters is 1. The number of carboxylic acid groups (broad SMARTS) is 1. The predicted octanol–water partition coefficient (Wildman–Crippen LogP) is 5.91. The summed E-state index contributed by atoms with van der Waals surface area (Å²) in [6.07, 6.45) is -1.47. The van der Waals surface area contributed by atoms with Gasteiger partial charge >= 0.3 is 24.1 Å². The molecular formula is C33H35N3O9. The minimum atomic E-state index is -1.21. The highest BCUT2D eigenvalue weighted by Crippen LogP contribution is 2.18. The number of amides is 2. The minimum absolute atomic E-state index is 0.0585. The Morgan fingerprint density at radius 1 is 0.867 bits per heavy atom. The van der Waals surface area contributed by atoms with Crippen molar-refractivity contribution in [2.24, 2.45) is 4.99 Å². The van der Waals surface area contributed by atoms with Crippen molar-refractivity contribution in [3.05, 3.63) is 95.1 Å². The van der Waals surface area contributed by atoms with Gasteiger partial charge in [0.05, 0.1) is 11.3 Å². The first-order valence-electron chi connectivity index (χ1n) is 13.9. The van der Waals surface area contributed by atoms with Crippen LogP contribution in [-0.4, -0.2) is 57.9 Å². The van der Waals surface area contributed by atoms with Crippen molar-refractivity contribution in [1.29, 1.82) is 0 Å². The number of nitrogens with one attached hydrogen (secondary N) is 1. The molecule has 3 aromatic rings. The van der Waals surface area contributed by atoms with E-state index in [0.29, 0.717) is 28.2 Å². The van der Waals surface area contributed by atoms with Gasteiger partial charge in [-0.2, -0.15) is 0 Å². The third-order valence-corrected chi connectivity index (χ3v) is 5.87. The topological polar surface area (TPSA) is 161 Å². The standard InChI is InChI=1S/C33H35N3O9/c1-21(37)26-8-6-7-24(17-26)18-36(19-29(38)39)32(42)43-20-23-9-15-28(16-10-23)44-30(40)25-11-13-27(14-12-25)34-22(2)35-31(41)45-33(3,4)5/h6-17H,18-20H2,1-5H3,(H,38,39)(H,34,35,41). The van der Waals surface area contributed by atoms with E-state index in [2.05, 4.69) is 10.3 Å². The molecule has 0 spiro atoms. The fraction of sp³-hybridized carbons (Fsp3) is 0.273. The summed E-state index contributed by atoms with van der Waals surface area (Å²) < 4.78 is 15.9. The zero-order valence-corrected chi connectivity index (χ0v) is 25.7. The molecule has 0 fully saturated rings. The van der Waals surface area contributed by atoms with Gasteiger partial charge in [0.25, 0.3) is 0 Å². The van der Waals surface area contributed by atoms with Gasteiger partial charge in [-0.1, -0.05) is 30.3 Å². The second-order valence-electron chi connectivity index (χ2n) is 11.0. The first-order valence-corrected chi connectivity index (χ1v) is 13.9. The highest BCUT2D eigenvalue weighted by Gasteiger charge is 2.20. The van der Waals surface area contributed by atoms with E-state index in [1.807, 2.05) is 0 Å². The predicted molar refractivity (Wildman–Crippen MR) is 165 cm³/mol. The van der Waals surface area contributed by atoms with Crippen molar-refractivity contribution in [3.8, 4) is 5.75 Å². The van der Waals surface area contributed by atoms with Gasteiger partial charge in [0, 0.05) is 12.1 Å². The molecule has 0 aliphatic heterocycles. The molecule has 2 amide bonds. The monoisotopic (exact) mass is 617 g/mol. The number of benzene rings is 3. The first kappa shape index (κ1) is 34.0. The van der Waals surface area contributed by atoms with Crippen molar-refractivity contribution in [2.75, 3.05) is 6.54 Å². The SMILES string of the molecule is CC(=O)c1cccc(CN(CC(=O)O)C(=O)OCc2ccc(OC(=O)c3ccc(N=C(C)NC(=O)OC(C)(C)C)cc3)cc2)c1. The molecule has 0 radical (unpaired) electrons. The number of Topliss-reactive ketones (excluding diaryl/α,β-unsaturated/α-hetero) is 1. The third-order valence-electron chi connectivity index (χ3n) is 5.87. The van der Waals surface area contributed by atoms with Crippen molar-refractivity contribution in [3.63, 3.8) is 0 Å². The lowest BCUT2D eigenvalue weighted by Gasteiger charge is -2.20. The molecule has 0 saturated heterocycles. The summed E-state index contributed by atoms with van der Waals surface area (Å²) in [6.45, 7) is 7.49. The summed E-state index contributed by atoms with van der Waals surface area (Å²) >= 11 is 0. The van der Waals surface area contributed by atoms with E-state index in [9.17, 15) is 29.1 Å². The molecule has 0 heterocycles. The molecule has 0 aromatic heterocycles. The maximum Gasteiger partial charge on any atom is 0.413 e. The molecule has 12 nitrogen and oxygen atoms in total. The summed E-state index contributed by atoms with van der Waals surface area (Å²) in [4.78, 5) is 65.5. The lowest BCUT2D eigenvalue weighted by atomic mass is 10.1. The van der Waals surface area contributed by atoms with Crippen LogP contribution < -0.4 is 10.1 Å². The Labute approximate surface area is 260 Å².